The summed E-state index contributed by atoms with van der Waals surface area (Å²) in [4.78, 5) is 2.11. The molecule has 0 atom stereocenters. The Labute approximate surface area is 143 Å². The second-order valence-electron chi connectivity index (χ2n) is 6.13. The first kappa shape index (κ1) is 16.3. The highest BCUT2D eigenvalue weighted by atomic mass is 16.3. The van der Waals surface area contributed by atoms with Crippen LogP contribution in [0.4, 0.5) is 5.69 Å². The van der Waals surface area contributed by atoms with Gasteiger partial charge in [-0.2, -0.15) is 0 Å². The predicted molar refractivity (Wildman–Crippen MR) is 101 cm³/mol. The first-order valence-electron chi connectivity index (χ1n) is 8.51. The van der Waals surface area contributed by atoms with E-state index in [1.807, 2.05) is 6.07 Å². The molecule has 0 saturated heterocycles. The Kier molecular flexibility index (Phi) is 4.70. The Balaban J connectivity index is 2.12. The maximum Gasteiger partial charge on any atom is 0.203 e. The largest absolute Gasteiger partial charge is 0.464 e. The Morgan fingerprint density at radius 1 is 0.875 bits per heavy atom. The van der Waals surface area contributed by atoms with Crippen LogP contribution in [0.2, 0.25) is 0 Å². The quantitative estimate of drug-likeness (QED) is 0.678. The minimum atomic E-state index is 0.925. The Bertz CT molecular complexity index is 854. The van der Waals surface area contributed by atoms with Crippen LogP contribution >= 0.6 is 0 Å². The average Bonchev–Trinajstić information content (AvgIpc) is 2.62. The molecule has 0 radical (unpaired) electrons. The summed E-state index contributed by atoms with van der Waals surface area (Å²) in [5.41, 5.74) is 4.75. The fourth-order valence-corrected chi connectivity index (χ4v) is 3.07. The number of hydrogen-bond donors (Lipinski definition) is 0. The van der Waals surface area contributed by atoms with Crippen molar-refractivity contribution >= 4 is 5.69 Å². The topological polar surface area (TPSA) is 19.4 Å². The molecular formula is C21H25N2O+. The Hall–Kier alpha value is -2.55. The molecule has 1 aliphatic carbocycles. The van der Waals surface area contributed by atoms with Gasteiger partial charge in [0, 0.05) is 31.4 Å². The molecule has 1 heterocycles. The summed E-state index contributed by atoms with van der Waals surface area (Å²) in [7, 11) is 4.11. The molecule has 1 aromatic rings. The SMILES string of the molecule is CC[N+](CC)=c1ccc2c(-c3ccc(N(C)C)cc3)ccoc-2c1. The molecule has 3 heteroatoms. The molecule has 1 aromatic carbocycles. The second kappa shape index (κ2) is 6.91. The lowest BCUT2D eigenvalue weighted by atomic mass is 9.98. The van der Waals surface area contributed by atoms with Crippen molar-refractivity contribution in [2.45, 2.75) is 13.8 Å². The van der Waals surface area contributed by atoms with E-state index in [-0.39, 0.29) is 0 Å². The van der Waals surface area contributed by atoms with Crippen LogP contribution in [0.1, 0.15) is 13.8 Å². The maximum absolute atomic E-state index is 5.78. The molecule has 0 unspecified atom stereocenters. The average molecular weight is 321 g/mol. The Morgan fingerprint density at radius 2 is 1.58 bits per heavy atom. The maximum atomic E-state index is 5.78. The fourth-order valence-electron chi connectivity index (χ4n) is 3.07. The van der Waals surface area contributed by atoms with Crippen molar-refractivity contribution in [2.24, 2.45) is 0 Å². The van der Waals surface area contributed by atoms with Gasteiger partial charge in [-0.05, 0) is 49.2 Å². The standard InChI is InChI=1S/C21H25N2O/c1-5-23(6-2)18-11-12-20-19(13-14-24-21(20)15-18)16-7-9-17(10-8-16)22(3)4/h7-15H,5-6H2,1-4H3/q+1. The zero-order chi connectivity index (χ0) is 17.1. The van der Waals surface area contributed by atoms with E-state index in [1.54, 1.807) is 6.26 Å². The zero-order valence-corrected chi connectivity index (χ0v) is 14.9. The van der Waals surface area contributed by atoms with Crippen LogP contribution in [-0.2, 0) is 0 Å². The summed E-state index contributed by atoms with van der Waals surface area (Å²) in [5.74, 6) is 0.925. The molecule has 0 amide bonds. The number of benzene rings is 2. The summed E-state index contributed by atoms with van der Waals surface area (Å²) in [5, 5.41) is 1.20. The highest BCUT2D eigenvalue weighted by molar-refractivity contribution is 5.81. The lowest BCUT2D eigenvalue weighted by Gasteiger charge is -2.14. The van der Waals surface area contributed by atoms with Crippen molar-refractivity contribution in [3.63, 3.8) is 0 Å². The minimum Gasteiger partial charge on any atom is -0.464 e. The third-order valence-corrected chi connectivity index (χ3v) is 4.51. The van der Waals surface area contributed by atoms with Crippen LogP contribution in [0.25, 0.3) is 22.5 Å². The van der Waals surface area contributed by atoms with Gasteiger partial charge >= 0.3 is 0 Å². The second-order valence-corrected chi connectivity index (χ2v) is 6.13. The lowest BCUT2D eigenvalue weighted by molar-refractivity contribution is 0.561. The van der Waals surface area contributed by atoms with Gasteiger partial charge in [-0.1, -0.05) is 12.1 Å². The van der Waals surface area contributed by atoms with E-state index in [1.165, 1.54) is 22.2 Å². The van der Waals surface area contributed by atoms with Crippen molar-refractivity contribution in [1.29, 1.82) is 0 Å². The molecule has 0 N–H and O–H groups in total. The summed E-state index contributed by atoms with van der Waals surface area (Å²) in [6, 6.07) is 17.2. The molecule has 2 aliphatic rings. The summed E-state index contributed by atoms with van der Waals surface area (Å²) < 4.78 is 8.11. The molecule has 24 heavy (non-hydrogen) atoms. The van der Waals surface area contributed by atoms with Crippen LogP contribution in [0.3, 0.4) is 0 Å². The monoisotopic (exact) mass is 321 g/mol. The first-order valence-corrected chi connectivity index (χ1v) is 8.51. The molecule has 3 rings (SSSR count). The minimum absolute atomic E-state index is 0.925. The van der Waals surface area contributed by atoms with Crippen LogP contribution < -0.4 is 14.8 Å². The van der Waals surface area contributed by atoms with Crippen LogP contribution in [0, 0.1) is 0 Å². The molecule has 0 aromatic heterocycles. The van der Waals surface area contributed by atoms with Crippen molar-refractivity contribution in [3.8, 4) is 22.5 Å². The highest BCUT2D eigenvalue weighted by Crippen LogP contribution is 2.33. The first-order chi connectivity index (χ1) is 11.6. The molecule has 3 nitrogen and oxygen atoms in total. The lowest BCUT2D eigenvalue weighted by Crippen LogP contribution is -2.29. The number of nitrogens with zero attached hydrogens (tertiary/aromatic N) is 2. The van der Waals surface area contributed by atoms with E-state index in [2.05, 4.69) is 79.9 Å². The molecule has 0 bridgehead atoms. The van der Waals surface area contributed by atoms with Crippen LogP contribution in [0.5, 0.6) is 0 Å². The molecule has 0 saturated carbocycles. The van der Waals surface area contributed by atoms with Crippen molar-refractivity contribution < 1.29 is 4.42 Å². The predicted octanol–water partition coefficient (Wildman–Crippen LogP) is 3.93. The third-order valence-electron chi connectivity index (χ3n) is 4.51. The van der Waals surface area contributed by atoms with Gasteiger partial charge in [0.15, 0.2) is 0 Å². The number of rotatable bonds is 4. The van der Waals surface area contributed by atoms with Gasteiger partial charge in [0.25, 0.3) is 0 Å². The smallest absolute Gasteiger partial charge is 0.203 e. The number of fused-ring (bicyclic) bond motifs is 1. The van der Waals surface area contributed by atoms with Gasteiger partial charge in [0.2, 0.25) is 5.36 Å². The molecule has 124 valence electrons. The van der Waals surface area contributed by atoms with E-state index in [9.17, 15) is 0 Å². The third kappa shape index (κ3) is 3.07. The van der Waals surface area contributed by atoms with E-state index in [0.29, 0.717) is 0 Å². The highest BCUT2D eigenvalue weighted by Gasteiger charge is 2.13. The molecule has 1 aliphatic heterocycles. The van der Waals surface area contributed by atoms with E-state index in [4.69, 9.17) is 4.42 Å². The van der Waals surface area contributed by atoms with E-state index < -0.39 is 0 Å². The van der Waals surface area contributed by atoms with Crippen LogP contribution in [-0.4, -0.2) is 27.2 Å². The van der Waals surface area contributed by atoms with Crippen molar-refractivity contribution in [2.75, 3.05) is 32.1 Å². The molecule has 0 spiro atoms. The summed E-state index contributed by atoms with van der Waals surface area (Å²) >= 11 is 0. The zero-order valence-electron chi connectivity index (χ0n) is 14.9. The normalized spacial score (nSPS) is 10.8. The van der Waals surface area contributed by atoms with Gasteiger partial charge in [-0.3, -0.25) is 0 Å². The van der Waals surface area contributed by atoms with Gasteiger partial charge < -0.3 is 9.32 Å². The van der Waals surface area contributed by atoms with Crippen LogP contribution in [0.15, 0.2) is 59.2 Å². The summed E-state index contributed by atoms with van der Waals surface area (Å²) in [6.45, 7) is 6.34. The van der Waals surface area contributed by atoms with E-state index in [0.717, 1.165) is 24.4 Å². The summed E-state index contributed by atoms with van der Waals surface area (Å²) in [6.07, 6.45) is 1.78. The van der Waals surface area contributed by atoms with Crippen molar-refractivity contribution in [3.05, 3.63) is 60.2 Å². The fraction of sp³-hybridized carbons (Fsp3) is 0.286. The Morgan fingerprint density at radius 3 is 2.21 bits per heavy atom. The van der Waals surface area contributed by atoms with E-state index >= 15 is 0 Å². The van der Waals surface area contributed by atoms with Gasteiger partial charge in [0.1, 0.15) is 18.8 Å². The number of hydrogen-bond acceptors (Lipinski definition) is 2. The van der Waals surface area contributed by atoms with Gasteiger partial charge in [-0.25, -0.2) is 4.58 Å². The van der Waals surface area contributed by atoms with Gasteiger partial charge in [-0.15, -0.1) is 0 Å². The van der Waals surface area contributed by atoms with Gasteiger partial charge in [0.05, 0.1) is 12.3 Å². The molecular weight excluding hydrogens is 296 g/mol. The number of anilines is 1. The van der Waals surface area contributed by atoms with Crippen molar-refractivity contribution in [1.82, 2.24) is 4.58 Å². The molecule has 0 fully saturated rings.